The Bertz CT molecular complexity index is 1220. The number of hydrogen-bond acceptors (Lipinski definition) is 0. The van der Waals surface area contributed by atoms with Crippen LogP contribution in [0.1, 0.15) is 107 Å². The van der Waals surface area contributed by atoms with E-state index < -0.39 is 11.6 Å². The number of hydrogen-bond donors (Lipinski definition) is 0. The number of halogens is 3. The summed E-state index contributed by atoms with van der Waals surface area (Å²) in [6.07, 6.45) is 17.5. The van der Waals surface area contributed by atoms with Gasteiger partial charge in [0.2, 0.25) is 0 Å². The summed E-state index contributed by atoms with van der Waals surface area (Å²) in [5.74, 6) is -0.605. The Hall–Kier alpha value is -2.81. The van der Waals surface area contributed by atoms with E-state index in [2.05, 4.69) is 19.6 Å². The van der Waals surface area contributed by atoms with E-state index in [0.717, 1.165) is 55.6 Å². The van der Waals surface area contributed by atoms with Gasteiger partial charge in [0.25, 0.3) is 0 Å². The van der Waals surface area contributed by atoms with Crippen molar-refractivity contribution in [3.63, 3.8) is 0 Å². The number of benzene rings is 3. The summed E-state index contributed by atoms with van der Waals surface area (Å²) in [6, 6.07) is 16.1. The quantitative estimate of drug-likeness (QED) is 0.139. The third-order valence-corrected chi connectivity index (χ3v) is 8.81. The molecule has 0 atom stereocenters. The van der Waals surface area contributed by atoms with Crippen LogP contribution < -0.4 is 0 Å². The standard InChI is InChI=1S/C37H45F3/c1-3-5-7-8-9-10-11-13-31-22-25-34(37(40)36(31)39)30-20-18-29(19-21-30)33-24-23-32(26-35(33)38)28-16-14-27(15-17-28)12-6-4-2/h4,18-28H,2-3,5-17H2,1H3. The van der Waals surface area contributed by atoms with Gasteiger partial charge in [-0.05, 0) is 91.5 Å². The average molecular weight is 547 g/mol. The van der Waals surface area contributed by atoms with Gasteiger partial charge in [-0.2, -0.15) is 0 Å². The predicted octanol–water partition coefficient (Wildman–Crippen LogP) is 12.0. The van der Waals surface area contributed by atoms with Crippen molar-refractivity contribution in [2.75, 3.05) is 0 Å². The van der Waals surface area contributed by atoms with Gasteiger partial charge in [0.15, 0.2) is 11.6 Å². The third kappa shape index (κ3) is 7.89. The minimum Gasteiger partial charge on any atom is -0.206 e. The van der Waals surface area contributed by atoms with Gasteiger partial charge in [0.1, 0.15) is 5.82 Å². The minimum atomic E-state index is -0.803. The maximum atomic E-state index is 15.2. The number of unbranched alkanes of at least 4 members (excludes halogenated alkanes) is 6. The Morgan fingerprint density at radius 1 is 0.725 bits per heavy atom. The molecule has 0 bridgehead atoms. The molecule has 1 saturated carbocycles. The van der Waals surface area contributed by atoms with Crippen molar-refractivity contribution in [3.05, 3.63) is 95.8 Å². The molecule has 3 aromatic carbocycles. The first-order chi connectivity index (χ1) is 19.5. The van der Waals surface area contributed by atoms with Crippen molar-refractivity contribution in [2.24, 2.45) is 5.92 Å². The van der Waals surface area contributed by atoms with Crippen LogP contribution in [0.15, 0.2) is 67.3 Å². The Morgan fingerprint density at radius 2 is 1.35 bits per heavy atom. The first kappa shape index (κ1) is 30.2. The molecule has 1 aliphatic rings. The van der Waals surface area contributed by atoms with Crippen LogP contribution in [0.5, 0.6) is 0 Å². The van der Waals surface area contributed by atoms with Crippen LogP contribution in [0.25, 0.3) is 22.3 Å². The van der Waals surface area contributed by atoms with Gasteiger partial charge in [-0.15, -0.1) is 6.58 Å². The van der Waals surface area contributed by atoms with E-state index >= 15 is 8.78 Å². The summed E-state index contributed by atoms with van der Waals surface area (Å²) in [6.45, 7) is 6.03. The van der Waals surface area contributed by atoms with E-state index in [9.17, 15) is 4.39 Å². The Morgan fingerprint density at radius 3 is 2.00 bits per heavy atom. The van der Waals surface area contributed by atoms with E-state index in [1.165, 1.54) is 44.9 Å². The van der Waals surface area contributed by atoms with E-state index in [1.807, 2.05) is 12.1 Å². The maximum absolute atomic E-state index is 15.2. The highest BCUT2D eigenvalue weighted by Gasteiger charge is 2.23. The number of aryl methyl sites for hydroxylation is 1. The molecule has 3 heteroatoms. The summed E-state index contributed by atoms with van der Waals surface area (Å²) in [5, 5.41) is 0. The lowest BCUT2D eigenvalue weighted by Gasteiger charge is -2.28. The van der Waals surface area contributed by atoms with Gasteiger partial charge < -0.3 is 0 Å². The topological polar surface area (TPSA) is 0 Å². The van der Waals surface area contributed by atoms with E-state index in [-0.39, 0.29) is 11.4 Å². The highest BCUT2D eigenvalue weighted by atomic mass is 19.2. The summed E-state index contributed by atoms with van der Waals surface area (Å²) >= 11 is 0. The normalized spacial score (nSPS) is 17.2. The van der Waals surface area contributed by atoms with Gasteiger partial charge in [-0.1, -0.05) is 100 Å². The lowest BCUT2D eigenvalue weighted by atomic mass is 9.77. The molecule has 0 N–H and O–H groups in total. The molecule has 40 heavy (non-hydrogen) atoms. The fraction of sp³-hybridized carbons (Fsp3) is 0.459. The summed E-state index contributed by atoms with van der Waals surface area (Å²) in [7, 11) is 0. The van der Waals surface area contributed by atoms with Crippen LogP contribution in [-0.4, -0.2) is 0 Å². The Labute approximate surface area is 239 Å². The van der Waals surface area contributed by atoms with Crippen molar-refractivity contribution < 1.29 is 13.2 Å². The molecule has 0 amide bonds. The molecular formula is C37H45F3. The fourth-order valence-electron chi connectivity index (χ4n) is 6.26. The average Bonchev–Trinajstić information content (AvgIpc) is 2.98. The van der Waals surface area contributed by atoms with Crippen molar-refractivity contribution in [3.8, 4) is 22.3 Å². The molecule has 0 saturated heterocycles. The van der Waals surface area contributed by atoms with Crippen LogP contribution >= 0.6 is 0 Å². The smallest absolute Gasteiger partial charge is 0.166 e. The molecule has 4 rings (SSSR count). The van der Waals surface area contributed by atoms with Gasteiger partial charge in [0.05, 0.1) is 0 Å². The molecule has 0 radical (unpaired) electrons. The first-order valence-electron chi connectivity index (χ1n) is 15.5. The van der Waals surface area contributed by atoms with Gasteiger partial charge in [-0.25, -0.2) is 13.2 Å². The van der Waals surface area contributed by atoms with Crippen LogP contribution in [0.2, 0.25) is 0 Å². The molecule has 0 unspecified atom stereocenters. The monoisotopic (exact) mass is 546 g/mol. The van der Waals surface area contributed by atoms with E-state index in [1.54, 1.807) is 42.5 Å². The zero-order valence-electron chi connectivity index (χ0n) is 24.2. The summed E-state index contributed by atoms with van der Waals surface area (Å²) < 4.78 is 45.1. The maximum Gasteiger partial charge on any atom is 0.166 e. The van der Waals surface area contributed by atoms with Gasteiger partial charge in [0, 0.05) is 11.1 Å². The molecule has 1 fully saturated rings. The molecule has 0 heterocycles. The molecule has 0 nitrogen and oxygen atoms in total. The van der Waals surface area contributed by atoms with Crippen molar-refractivity contribution in [1.29, 1.82) is 0 Å². The van der Waals surface area contributed by atoms with Crippen molar-refractivity contribution in [1.82, 2.24) is 0 Å². The van der Waals surface area contributed by atoms with Crippen LogP contribution in [0, 0.1) is 23.4 Å². The van der Waals surface area contributed by atoms with Crippen LogP contribution in [-0.2, 0) is 6.42 Å². The molecule has 0 aromatic heterocycles. The zero-order chi connectivity index (χ0) is 28.3. The SMILES string of the molecule is C=CCCC1CCC(c2ccc(-c3ccc(-c4ccc(CCCCCCCCC)c(F)c4F)cc3)c(F)c2)CC1. The second-order valence-corrected chi connectivity index (χ2v) is 11.7. The highest BCUT2D eigenvalue weighted by Crippen LogP contribution is 2.39. The third-order valence-electron chi connectivity index (χ3n) is 8.81. The summed E-state index contributed by atoms with van der Waals surface area (Å²) in [5.41, 5.74) is 3.62. The molecule has 214 valence electrons. The minimum absolute atomic E-state index is 0.231. The van der Waals surface area contributed by atoms with Crippen LogP contribution in [0.3, 0.4) is 0 Å². The summed E-state index contributed by atoms with van der Waals surface area (Å²) in [4.78, 5) is 0. The van der Waals surface area contributed by atoms with Gasteiger partial charge >= 0.3 is 0 Å². The van der Waals surface area contributed by atoms with Gasteiger partial charge in [-0.3, -0.25) is 0 Å². The predicted molar refractivity (Wildman–Crippen MR) is 163 cm³/mol. The molecule has 3 aromatic rings. The van der Waals surface area contributed by atoms with Crippen molar-refractivity contribution in [2.45, 2.75) is 103 Å². The van der Waals surface area contributed by atoms with Crippen LogP contribution in [0.4, 0.5) is 13.2 Å². The van der Waals surface area contributed by atoms with Crippen molar-refractivity contribution >= 4 is 0 Å². The molecule has 0 aliphatic heterocycles. The number of rotatable bonds is 14. The Balaban J connectivity index is 1.37. The second-order valence-electron chi connectivity index (χ2n) is 11.7. The van der Waals surface area contributed by atoms with E-state index in [0.29, 0.717) is 29.0 Å². The lowest BCUT2D eigenvalue weighted by molar-refractivity contribution is 0.311. The molecular weight excluding hydrogens is 501 g/mol. The molecule has 1 aliphatic carbocycles. The zero-order valence-corrected chi connectivity index (χ0v) is 24.2. The second kappa shape index (κ2) is 15.3. The largest absolute Gasteiger partial charge is 0.206 e. The van der Waals surface area contributed by atoms with E-state index in [4.69, 9.17) is 0 Å². The fourth-order valence-corrected chi connectivity index (χ4v) is 6.26. The number of allylic oxidation sites excluding steroid dienone is 1. The first-order valence-corrected chi connectivity index (χ1v) is 15.5. The lowest BCUT2D eigenvalue weighted by Crippen LogP contribution is -2.13. The highest BCUT2D eigenvalue weighted by molar-refractivity contribution is 5.71. The Kier molecular flexibility index (Phi) is 11.5. The molecule has 0 spiro atoms.